The first-order valence-electron chi connectivity index (χ1n) is 9.51. The van der Waals surface area contributed by atoms with Gasteiger partial charge in [-0.15, -0.1) is 0 Å². The van der Waals surface area contributed by atoms with Crippen LogP contribution >= 0.6 is 7.82 Å². The van der Waals surface area contributed by atoms with E-state index in [1.54, 1.807) is 0 Å². The lowest BCUT2D eigenvalue weighted by Crippen LogP contribution is -2.29. The molecule has 0 fully saturated rings. The minimum absolute atomic E-state index is 0.0546. The number of carbonyl (C=O) groups excluding carboxylic acids is 2. The average molecular weight is 411 g/mol. The first-order valence-corrected chi connectivity index (χ1v) is 11.0. The summed E-state index contributed by atoms with van der Waals surface area (Å²) in [6, 6.07) is 0. The van der Waals surface area contributed by atoms with Crippen molar-refractivity contribution >= 4 is 19.8 Å². The van der Waals surface area contributed by atoms with E-state index in [1.807, 2.05) is 6.92 Å². The maximum absolute atomic E-state index is 11.8. The highest BCUT2D eigenvalue weighted by atomic mass is 31.2. The van der Waals surface area contributed by atoms with E-state index in [0.29, 0.717) is 6.42 Å². The van der Waals surface area contributed by atoms with E-state index in [1.165, 1.54) is 0 Å². The molecule has 0 spiro atoms. The van der Waals surface area contributed by atoms with Gasteiger partial charge in [-0.2, -0.15) is 0 Å². The zero-order valence-electron chi connectivity index (χ0n) is 16.4. The van der Waals surface area contributed by atoms with Gasteiger partial charge in [-0.25, -0.2) is 4.57 Å². The standard InChI is InChI=1S/C17H34NO8P/c1-3-5-7-8-10-16(19)23-13-15(26-17(20)9-6-4-2)14-25-27(21,22)24-12-11-18/h15H,3-14,18H2,1-2H3,(H,21,22)/t15-/m1/s1. The second-order valence-corrected chi connectivity index (χ2v) is 7.55. The van der Waals surface area contributed by atoms with Gasteiger partial charge in [-0.05, 0) is 12.8 Å². The van der Waals surface area contributed by atoms with Gasteiger partial charge in [0.25, 0.3) is 0 Å². The van der Waals surface area contributed by atoms with E-state index < -0.39 is 32.5 Å². The number of phosphoric acid groups is 1. The maximum atomic E-state index is 11.8. The van der Waals surface area contributed by atoms with Gasteiger partial charge < -0.3 is 20.1 Å². The Bertz CT molecular complexity index is 460. The van der Waals surface area contributed by atoms with Gasteiger partial charge in [0, 0.05) is 19.4 Å². The fourth-order valence-corrected chi connectivity index (χ4v) is 2.78. The SMILES string of the molecule is CCCCCCC(=O)OC[C@H](COP(=O)(O)OCCN)OC(=O)CCCC. The summed E-state index contributed by atoms with van der Waals surface area (Å²) in [7, 11) is -4.31. The summed E-state index contributed by atoms with van der Waals surface area (Å²) < 4.78 is 31.4. The molecule has 0 aliphatic rings. The molecule has 0 aromatic heterocycles. The molecule has 0 heterocycles. The van der Waals surface area contributed by atoms with Crippen molar-refractivity contribution in [1.82, 2.24) is 0 Å². The summed E-state index contributed by atoms with van der Waals surface area (Å²) in [5.74, 6) is -0.896. The molecule has 1 unspecified atom stereocenters. The molecule has 0 bridgehead atoms. The number of hydrogen-bond acceptors (Lipinski definition) is 8. The molecular weight excluding hydrogens is 377 g/mol. The Labute approximate surface area is 161 Å². The van der Waals surface area contributed by atoms with Crippen molar-refractivity contribution in [3.63, 3.8) is 0 Å². The number of ether oxygens (including phenoxy) is 2. The zero-order valence-corrected chi connectivity index (χ0v) is 17.3. The van der Waals surface area contributed by atoms with Crippen molar-refractivity contribution in [2.45, 2.75) is 71.3 Å². The Hall–Kier alpha value is -0.990. The van der Waals surface area contributed by atoms with Crippen LogP contribution in [-0.4, -0.2) is 49.3 Å². The molecule has 0 aromatic carbocycles. The van der Waals surface area contributed by atoms with Crippen LogP contribution in [0, 0.1) is 0 Å². The maximum Gasteiger partial charge on any atom is 0.472 e. The Balaban J connectivity index is 4.48. The van der Waals surface area contributed by atoms with Crippen LogP contribution in [0.5, 0.6) is 0 Å². The average Bonchev–Trinajstić information content (AvgIpc) is 2.64. The van der Waals surface area contributed by atoms with Crippen molar-refractivity contribution in [2.75, 3.05) is 26.4 Å². The van der Waals surface area contributed by atoms with Gasteiger partial charge in [-0.3, -0.25) is 18.6 Å². The van der Waals surface area contributed by atoms with Crippen LogP contribution in [0.15, 0.2) is 0 Å². The lowest BCUT2D eigenvalue weighted by Gasteiger charge is -2.19. The lowest BCUT2D eigenvalue weighted by atomic mass is 10.2. The van der Waals surface area contributed by atoms with E-state index in [0.717, 1.165) is 32.1 Å². The number of hydrogen-bond donors (Lipinski definition) is 2. The molecule has 0 amide bonds. The molecule has 0 aliphatic carbocycles. The minimum Gasteiger partial charge on any atom is -0.462 e. The molecule has 3 N–H and O–H groups in total. The second-order valence-electron chi connectivity index (χ2n) is 6.10. The van der Waals surface area contributed by atoms with Crippen LogP contribution in [-0.2, 0) is 32.7 Å². The third-order valence-corrected chi connectivity index (χ3v) is 4.48. The van der Waals surface area contributed by atoms with E-state index in [-0.39, 0.29) is 32.6 Å². The van der Waals surface area contributed by atoms with Crippen LogP contribution in [0.2, 0.25) is 0 Å². The summed E-state index contributed by atoms with van der Waals surface area (Å²) in [5, 5.41) is 0. The van der Waals surface area contributed by atoms with Crippen molar-refractivity contribution in [1.29, 1.82) is 0 Å². The molecule has 0 aromatic rings. The van der Waals surface area contributed by atoms with E-state index in [4.69, 9.17) is 19.7 Å². The number of rotatable bonds is 17. The number of phosphoric ester groups is 1. The van der Waals surface area contributed by atoms with Crippen LogP contribution in [0.4, 0.5) is 0 Å². The number of unbranched alkanes of at least 4 members (excludes halogenated alkanes) is 4. The largest absolute Gasteiger partial charge is 0.472 e. The van der Waals surface area contributed by atoms with Gasteiger partial charge in [-0.1, -0.05) is 39.5 Å². The highest BCUT2D eigenvalue weighted by molar-refractivity contribution is 7.47. The molecule has 0 saturated carbocycles. The topological polar surface area (TPSA) is 134 Å². The van der Waals surface area contributed by atoms with E-state index in [2.05, 4.69) is 11.4 Å². The van der Waals surface area contributed by atoms with Gasteiger partial charge in [0.1, 0.15) is 6.61 Å². The van der Waals surface area contributed by atoms with Gasteiger partial charge >= 0.3 is 19.8 Å². The van der Waals surface area contributed by atoms with Crippen molar-refractivity contribution in [3.05, 3.63) is 0 Å². The first kappa shape index (κ1) is 26.0. The number of nitrogens with two attached hydrogens (primary N) is 1. The monoisotopic (exact) mass is 411 g/mol. The molecule has 0 aliphatic heterocycles. The molecular formula is C17H34NO8P. The molecule has 2 atom stereocenters. The first-order chi connectivity index (χ1) is 12.8. The normalized spacial score (nSPS) is 14.4. The Morgan fingerprint density at radius 3 is 2.26 bits per heavy atom. The molecule has 10 heteroatoms. The van der Waals surface area contributed by atoms with Crippen LogP contribution < -0.4 is 5.73 Å². The summed E-state index contributed by atoms with van der Waals surface area (Å²) in [6.45, 7) is 3.24. The minimum atomic E-state index is -4.31. The van der Waals surface area contributed by atoms with Crippen molar-refractivity contribution in [3.8, 4) is 0 Å². The molecule has 0 radical (unpaired) electrons. The van der Waals surface area contributed by atoms with Crippen LogP contribution in [0.25, 0.3) is 0 Å². The molecule has 0 rings (SSSR count). The van der Waals surface area contributed by atoms with Gasteiger partial charge in [0.15, 0.2) is 6.10 Å². The zero-order chi connectivity index (χ0) is 20.5. The highest BCUT2D eigenvalue weighted by Crippen LogP contribution is 2.43. The molecule has 9 nitrogen and oxygen atoms in total. The summed E-state index contributed by atoms with van der Waals surface area (Å²) in [4.78, 5) is 33.1. The highest BCUT2D eigenvalue weighted by Gasteiger charge is 2.25. The van der Waals surface area contributed by atoms with Gasteiger partial charge in [0.2, 0.25) is 0 Å². The Morgan fingerprint density at radius 2 is 1.63 bits per heavy atom. The van der Waals surface area contributed by atoms with Gasteiger partial charge in [0.05, 0.1) is 13.2 Å². The molecule has 0 saturated heterocycles. The quantitative estimate of drug-likeness (QED) is 0.210. The second kappa shape index (κ2) is 16.0. The lowest BCUT2D eigenvalue weighted by molar-refractivity contribution is -0.161. The van der Waals surface area contributed by atoms with E-state index in [9.17, 15) is 19.0 Å². The van der Waals surface area contributed by atoms with Crippen LogP contribution in [0.3, 0.4) is 0 Å². The molecule has 160 valence electrons. The summed E-state index contributed by atoms with van der Waals surface area (Å²) in [6.07, 6.45) is 4.75. The summed E-state index contributed by atoms with van der Waals surface area (Å²) in [5.41, 5.74) is 5.20. The van der Waals surface area contributed by atoms with Crippen molar-refractivity contribution in [2.24, 2.45) is 5.73 Å². The predicted octanol–water partition coefficient (Wildman–Crippen LogP) is 2.69. The molecule has 27 heavy (non-hydrogen) atoms. The van der Waals surface area contributed by atoms with Crippen molar-refractivity contribution < 1.29 is 37.6 Å². The Morgan fingerprint density at radius 1 is 0.963 bits per heavy atom. The number of carbonyl (C=O) groups is 2. The fourth-order valence-electron chi connectivity index (χ4n) is 2.02. The third kappa shape index (κ3) is 15.7. The fraction of sp³-hybridized carbons (Fsp3) is 0.882. The third-order valence-electron chi connectivity index (χ3n) is 3.49. The summed E-state index contributed by atoms with van der Waals surface area (Å²) >= 11 is 0. The van der Waals surface area contributed by atoms with Crippen LogP contribution in [0.1, 0.15) is 65.2 Å². The number of esters is 2. The smallest absolute Gasteiger partial charge is 0.462 e. The predicted molar refractivity (Wildman–Crippen MR) is 99.9 cm³/mol. The van der Waals surface area contributed by atoms with E-state index >= 15 is 0 Å². The Kier molecular flexibility index (Phi) is 15.4.